The third-order valence-corrected chi connectivity index (χ3v) is 3.18. The first-order chi connectivity index (χ1) is 8.78. The third-order valence-electron chi connectivity index (χ3n) is 3.18. The van der Waals surface area contributed by atoms with Gasteiger partial charge in [-0.2, -0.15) is 0 Å². The topological polar surface area (TPSA) is 44.4 Å². The average Bonchev–Trinajstić information content (AvgIpc) is 2.85. The van der Waals surface area contributed by atoms with Crippen molar-refractivity contribution in [1.82, 2.24) is 10.2 Å². The largest absolute Gasteiger partial charge is 0.325 e. The standard InChI is InChI=1S/C14H21N3O/c1-15-10-14(18)16-13-6-4-12(5-7-13)11-17-8-2-3-9-17/h4-7,15H,2-3,8-11H2,1H3,(H,16,18). The number of likely N-dealkylation sites (tertiary alicyclic amines) is 1. The zero-order valence-electron chi connectivity index (χ0n) is 10.9. The van der Waals surface area contributed by atoms with Gasteiger partial charge in [0.25, 0.3) is 0 Å². The molecule has 0 spiro atoms. The Kier molecular flexibility index (Phi) is 4.73. The summed E-state index contributed by atoms with van der Waals surface area (Å²) in [5.41, 5.74) is 2.17. The highest BCUT2D eigenvalue weighted by molar-refractivity contribution is 5.92. The predicted octanol–water partition coefficient (Wildman–Crippen LogP) is 1.44. The summed E-state index contributed by atoms with van der Waals surface area (Å²) in [6.07, 6.45) is 2.64. The number of nitrogens with one attached hydrogen (secondary N) is 2. The van der Waals surface area contributed by atoms with Crippen molar-refractivity contribution in [2.45, 2.75) is 19.4 Å². The van der Waals surface area contributed by atoms with Crippen molar-refractivity contribution in [2.75, 3.05) is 32.0 Å². The Hall–Kier alpha value is -1.39. The van der Waals surface area contributed by atoms with Gasteiger partial charge in [0.15, 0.2) is 0 Å². The molecule has 1 aliphatic heterocycles. The number of likely N-dealkylation sites (N-methyl/N-ethyl adjacent to an activating group) is 1. The Morgan fingerprint density at radius 3 is 2.50 bits per heavy atom. The number of carbonyl (C=O) groups excluding carboxylic acids is 1. The van der Waals surface area contributed by atoms with Gasteiger partial charge < -0.3 is 10.6 Å². The molecular formula is C14H21N3O. The van der Waals surface area contributed by atoms with Crippen LogP contribution in [-0.2, 0) is 11.3 Å². The van der Waals surface area contributed by atoms with Crippen LogP contribution in [0.15, 0.2) is 24.3 Å². The van der Waals surface area contributed by atoms with Crippen LogP contribution in [0, 0.1) is 0 Å². The monoisotopic (exact) mass is 247 g/mol. The number of rotatable bonds is 5. The molecule has 18 heavy (non-hydrogen) atoms. The maximum Gasteiger partial charge on any atom is 0.238 e. The Labute approximate surface area is 108 Å². The van der Waals surface area contributed by atoms with Crippen molar-refractivity contribution in [3.8, 4) is 0 Å². The maximum absolute atomic E-state index is 11.4. The number of hydrogen-bond donors (Lipinski definition) is 2. The van der Waals surface area contributed by atoms with E-state index in [0.29, 0.717) is 6.54 Å². The Balaban J connectivity index is 1.86. The van der Waals surface area contributed by atoms with E-state index in [4.69, 9.17) is 0 Å². The molecule has 1 aliphatic rings. The average molecular weight is 247 g/mol. The zero-order valence-corrected chi connectivity index (χ0v) is 10.9. The van der Waals surface area contributed by atoms with Crippen LogP contribution in [0.4, 0.5) is 5.69 Å². The summed E-state index contributed by atoms with van der Waals surface area (Å²) < 4.78 is 0. The molecule has 0 bridgehead atoms. The minimum atomic E-state index is -0.00945. The van der Waals surface area contributed by atoms with Crippen LogP contribution in [-0.4, -0.2) is 37.5 Å². The molecule has 1 saturated heterocycles. The minimum Gasteiger partial charge on any atom is -0.325 e. The molecule has 2 rings (SSSR count). The van der Waals surface area contributed by atoms with Gasteiger partial charge in [-0.05, 0) is 50.7 Å². The second-order valence-corrected chi connectivity index (χ2v) is 4.76. The van der Waals surface area contributed by atoms with Crippen molar-refractivity contribution in [3.05, 3.63) is 29.8 Å². The first-order valence-electron chi connectivity index (χ1n) is 6.53. The van der Waals surface area contributed by atoms with Crippen LogP contribution < -0.4 is 10.6 Å². The lowest BCUT2D eigenvalue weighted by atomic mass is 10.2. The number of amides is 1. The van der Waals surface area contributed by atoms with Gasteiger partial charge in [0.05, 0.1) is 6.54 Å². The van der Waals surface area contributed by atoms with E-state index in [2.05, 4.69) is 27.7 Å². The number of hydrogen-bond acceptors (Lipinski definition) is 3. The molecule has 1 fully saturated rings. The van der Waals surface area contributed by atoms with Crippen LogP contribution in [0.25, 0.3) is 0 Å². The van der Waals surface area contributed by atoms with Crippen LogP contribution in [0.3, 0.4) is 0 Å². The maximum atomic E-state index is 11.4. The first kappa shape index (κ1) is 13.1. The molecule has 0 unspecified atom stereocenters. The highest BCUT2D eigenvalue weighted by atomic mass is 16.1. The van der Waals surface area contributed by atoms with Crippen molar-refractivity contribution >= 4 is 11.6 Å². The van der Waals surface area contributed by atoms with E-state index < -0.39 is 0 Å². The zero-order chi connectivity index (χ0) is 12.8. The molecule has 98 valence electrons. The van der Waals surface area contributed by atoms with Crippen molar-refractivity contribution in [3.63, 3.8) is 0 Å². The Morgan fingerprint density at radius 2 is 1.89 bits per heavy atom. The Bertz CT molecular complexity index is 383. The minimum absolute atomic E-state index is 0.00945. The van der Waals surface area contributed by atoms with E-state index in [1.807, 2.05) is 12.1 Å². The summed E-state index contributed by atoms with van der Waals surface area (Å²) >= 11 is 0. The lowest BCUT2D eigenvalue weighted by molar-refractivity contribution is -0.115. The van der Waals surface area contributed by atoms with E-state index in [9.17, 15) is 4.79 Å². The van der Waals surface area contributed by atoms with E-state index in [-0.39, 0.29) is 5.91 Å². The van der Waals surface area contributed by atoms with Crippen LogP contribution in [0.2, 0.25) is 0 Å². The highest BCUT2D eigenvalue weighted by Crippen LogP contribution is 2.15. The molecule has 1 aromatic rings. The highest BCUT2D eigenvalue weighted by Gasteiger charge is 2.11. The van der Waals surface area contributed by atoms with Crippen molar-refractivity contribution < 1.29 is 4.79 Å². The second kappa shape index (κ2) is 6.52. The number of anilines is 1. The summed E-state index contributed by atoms with van der Waals surface area (Å²) in [4.78, 5) is 13.9. The molecule has 4 heteroatoms. The SMILES string of the molecule is CNCC(=O)Nc1ccc(CN2CCCC2)cc1. The normalized spacial score (nSPS) is 15.8. The van der Waals surface area contributed by atoms with E-state index in [0.717, 1.165) is 12.2 Å². The van der Waals surface area contributed by atoms with Crippen LogP contribution in [0.1, 0.15) is 18.4 Å². The smallest absolute Gasteiger partial charge is 0.238 e. The van der Waals surface area contributed by atoms with Gasteiger partial charge in [0.2, 0.25) is 5.91 Å². The van der Waals surface area contributed by atoms with E-state index >= 15 is 0 Å². The first-order valence-corrected chi connectivity index (χ1v) is 6.53. The predicted molar refractivity (Wildman–Crippen MR) is 73.5 cm³/mol. The summed E-state index contributed by atoms with van der Waals surface area (Å²) in [6, 6.07) is 8.12. The third kappa shape index (κ3) is 3.82. The van der Waals surface area contributed by atoms with Gasteiger partial charge in [-0.1, -0.05) is 12.1 Å². The molecule has 0 aliphatic carbocycles. The number of nitrogens with zero attached hydrogens (tertiary/aromatic N) is 1. The molecule has 1 heterocycles. The number of carbonyl (C=O) groups is 1. The van der Waals surface area contributed by atoms with Crippen molar-refractivity contribution in [1.29, 1.82) is 0 Å². The van der Waals surface area contributed by atoms with Gasteiger partial charge in [-0.15, -0.1) is 0 Å². The van der Waals surface area contributed by atoms with Crippen molar-refractivity contribution in [2.24, 2.45) is 0 Å². The lowest BCUT2D eigenvalue weighted by Gasteiger charge is -2.14. The summed E-state index contributed by atoms with van der Waals surface area (Å²) in [5.74, 6) is -0.00945. The van der Waals surface area contributed by atoms with Crippen LogP contribution >= 0.6 is 0 Å². The summed E-state index contributed by atoms with van der Waals surface area (Å²) in [5, 5.41) is 5.68. The fourth-order valence-corrected chi connectivity index (χ4v) is 2.26. The van der Waals surface area contributed by atoms with E-state index in [1.54, 1.807) is 7.05 Å². The Morgan fingerprint density at radius 1 is 1.22 bits per heavy atom. The fourth-order valence-electron chi connectivity index (χ4n) is 2.26. The molecule has 0 aromatic heterocycles. The van der Waals surface area contributed by atoms with Gasteiger partial charge in [-0.25, -0.2) is 0 Å². The molecule has 2 N–H and O–H groups in total. The quantitative estimate of drug-likeness (QED) is 0.827. The molecular weight excluding hydrogens is 226 g/mol. The fraction of sp³-hybridized carbons (Fsp3) is 0.500. The summed E-state index contributed by atoms with van der Waals surface area (Å²) in [7, 11) is 1.76. The van der Waals surface area contributed by atoms with Crippen LogP contribution in [0.5, 0.6) is 0 Å². The number of benzene rings is 1. The molecule has 4 nitrogen and oxygen atoms in total. The molecule has 0 atom stereocenters. The summed E-state index contributed by atoms with van der Waals surface area (Å²) in [6.45, 7) is 3.78. The van der Waals surface area contributed by atoms with E-state index in [1.165, 1.54) is 31.5 Å². The van der Waals surface area contributed by atoms with Gasteiger partial charge in [0, 0.05) is 12.2 Å². The molecule has 1 amide bonds. The molecule has 1 aromatic carbocycles. The lowest BCUT2D eigenvalue weighted by Crippen LogP contribution is -2.25. The van der Waals surface area contributed by atoms with Gasteiger partial charge in [-0.3, -0.25) is 9.69 Å². The second-order valence-electron chi connectivity index (χ2n) is 4.76. The van der Waals surface area contributed by atoms with Gasteiger partial charge in [0.1, 0.15) is 0 Å². The van der Waals surface area contributed by atoms with Gasteiger partial charge >= 0.3 is 0 Å². The molecule has 0 radical (unpaired) electrons. The molecule has 0 saturated carbocycles.